The molecular formula is C19H27ClN4OS. The average molecular weight is 395 g/mol. The minimum Gasteiger partial charge on any atom is -0.376 e. The molecule has 0 spiro atoms. The maximum absolute atomic E-state index is 5.98. The largest absolute Gasteiger partial charge is 0.376 e. The fourth-order valence-corrected chi connectivity index (χ4v) is 3.70. The van der Waals surface area contributed by atoms with Crippen molar-refractivity contribution in [1.29, 1.82) is 0 Å². The predicted molar refractivity (Wildman–Crippen MR) is 111 cm³/mol. The van der Waals surface area contributed by atoms with Crippen molar-refractivity contribution in [3.63, 3.8) is 0 Å². The quantitative estimate of drug-likeness (QED) is 0.440. The van der Waals surface area contributed by atoms with Gasteiger partial charge in [0, 0.05) is 37.0 Å². The van der Waals surface area contributed by atoms with Crippen LogP contribution in [0.25, 0.3) is 0 Å². The lowest BCUT2D eigenvalue weighted by Gasteiger charge is -2.33. The van der Waals surface area contributed by atoms with Gasteiger partial charge in [0.25, 0.3) is 0 Å². The van der Waals surface area contributed by atoms with Gasteiger partial charge in [0.1, 0.15) is 0 Å². The first kappa shape index (κ1) is 19.5. The minimum atomic E-state index is 0.270. The summed E-state index contributed by atoms with van der Waals surface area (Å²) in [5, 5.41) is 8.87. The van der Waals surface area contributed by atoms with Crippen LogP contribution >= 0.6 is 23.8 Å². The SMILES string of the molecule is S=C(NCC1CCCO1)N/N=C/C1CCCCN1Cc1ccc(Cl)cc1. The summed E-state index contributed by atoms with van der Waals surface area (Å²) in [4.78, 5) is 2.46. The van der Waals surface area contributed by atoms with Crippen molar-refractivity contribution in [2.24, 2.45) is 5.10 Å². The van der Waals surface area contributed by atoms with Gasteiger partial charge in [-0.15, -0.1) is 0 Å². The van der Waals surface area contributed by atoms with Gasteiger partial charge in [0.15, 0.2) is 5.11 Å². The van der Waals surface area contributed by atoms with Crippen molar-refractivity contribution in [1.82, 2.24) is 15.6 Å². The first-order chi connectivity index (χ1) is 12.7. The van der Waals surface area contributed by atoms with Crippen LogP contribution in [0.1, 0.15) is 37.7 Å². The van der Waals surface area contributed by atoms with E-state index in [1.807, 2.05) is 18.3 Å². The molecule has 2 unspecified atom stereocenters. The maximum Gasteiger partial charge on any atom is 0.187 e. The van der Waals surface area contributed by atoms with E-state index in [1.54, 1.807) is 0 Å². The molecule has 2 heterocycles. The third-order valence-electron chi connectivity index (χ3n) is 4.89. The summed E-state index contributed by atoms with van der Waals surface area (Å²) in [6.45, 7) is 3.60. The fraction of sp³-hybridized carbons (Fsp3) is 0.579. The van der Waals surface area contributed by atoms with Crippen LogP contribution in [0.4, 0.5) is 0 Å². The smallest absolute Gasteiger partial charge is 0.187 e. The zero-order valence-electron chi connectivity index (χ0n) is 15.0. The molecule has 0 radical (unpaired) electrons. The highest BCUT2D eigenvalue weighted by Gasteiger charge is 2.21. The molecule has 7 heteroatoms. The molecular weight excluding hydrogens is 368 g/mol. The number of halogens is 1. The molecule has 0 amide bonds. The van der Waals surface area contributed by atoms with E-state index in [4.69, 9.17) is 28.6 Å². The number of piperidine rings is 1. The Morgan fingerprint density at radius 3 is 2.88 bits per heavy atom. The van der Waals surface area contributed by atoms with Gasteiger partial charge in [0.05, 0.1) is 6.10 Å². The van der Waals surface area contributed by atoms with Crippen LogP contribution in [-0.4, -0.2) is 48.1 Å². The Morgan fingerprint density at radius 2 is 2.12 bits per heavy atom. The normalized spacial score (nSPS) is 24.0. The number of rotatable bonds is 6. The van der Waals surface area contributed by atoms with E-state index in [-0.39, 0.29) is 6.10 Å². The molecule has 0 saturated carbocycles. The number of likely N-dealkylation sites (tertiary alicyclic amines) is 1. The van der Waals surface area contributed by atoms with Gasteiger partial charge in [-0.25, -0.2) is 0 Å². The Kier molecular flexibility index (Phi) is 7.68. The van der Waals surface area contributed by atoms with E-state index in [0.29, 0.717) is 11.2 Å². The summed E-state index contributed by atoms with van der Waals surface area (Å²) in [5.74, 6) is 0. The molecule has 26 heavy (non-hydrogen) atoms. The molecule has 3 rings (SSSR count). The Bertz CT molecular complexity index is 604. The van der Waals surface area contributed by atoms with Crippen LogP contribution in [-0.2, 0) is 11.3 Å². The van der Waals surface area contributed by atoms with E-state index in [9.17, 15) is 0 Å². The Balaban J connectivity index is 1.45. The summed E-state index contributed by atoms with van der Waals surface area (Å²) in [6, 6.07) is 8.40. The first-order valence-electron chi connectivity index (χ1n) is 9.38. The minimum absolute atomic E-state index is 0.270. The highest BCUT2D eigenvalue weighted by atomic mass is 35.5. The van der Waals surface area contributed by atoms with Gasteiger partial charge in [-0.2, -0.15) is 5.10 Å². The van der Waals surface area contributed by atoms with Gasteiger partial charge in [-0.3, -0.25) is 10.3 Å². The van der Waals surface area contributed by atoms with Gasteiger partial charge >= 0.3 is 0 Å². The molecule has 5 nitrogen and oxygen atoms in total. The lowest BCUT2D eigenvalue weighted by Crippen LogP contribution is -2.41. The Morgan fingerprint density at radius 1 is 1.27 bits per heavy atom. The molecule has 2 aliphatic heterocycles. The molecule has 2 aliphatic rings. The van der Waals surface area contributed by atoms with Gasteiger partial charge in [-0.05, 0) is 62.1 Å². The van der Waals surface area contributed by atoms with Crippen LogP contribution in [0, 0.1) is 0 Å². The molecule has 2 saturated heterocycles. The van der Waals surface area contributed by atoms with E-state index < -0.39 is 0 Å². The number of nitrogens with zero attached hydrogens (tertiary/aromatic N) is 2. The van der Waals surface area contributed by atoms with Crippen LogP contribution in [0.3, 0.4) is 0 Å². The van der Waals surface area contributed by atoms with Crippen molar-refractivity contribution in [2.75, 3.05) is 19.7 Å². The molecule has 1 aromatic rings. The molecule has 0 bridgehead atoms. The average Bonchev–Trinajstić information content (AvgIpc) is 3.17. The molecule has 0 aliphatic carbocycles. The summed E-state index contributed by atoms with van der Waals surface area (Å²) in [7, 11) is 0. The van der Waals surface area contributed by atoms with Gasteiger partial charge in [0.2, 0.25) is 0 Å². The Labute approximate surface area is 166 Å². The van der Waals surface area contributed by atoms with Crippen molar-refractivity contribution < 1.29 is 4.74 Å². The number of thiocarbonyl (C=S) groups is 1. The molecule has 2 N–H and O–H groups in total. The molecule has 142 valence electrons. The van der Waals surface area contributed by atoms with Crippen LogP contribution in [0.5, 0.6) is 0 Å². The highest BCUT2D eigenvalue weighted by molar-refractivity contribution is 7.80. The zero-order valence-corrected chi connectivity index (χ0v) is 16.6. The first-order valence-corrected chi connectivity index (χ1v) is 10.2. The number of nitrogens with one attached hydrogen (secondary N) is 2. The standard InChI is InChI=1S/C19H27ClN4OS/c20-16-8-6-15(7-9-16)14-24-10-2-1-4-17(24)12-22-23-19(26)21-13-18-5-3-11-25-18/h6-9,12,17-18H,1-5,10-11,13-14H2,(H2,21,23,26)/b22-12+. The van der Waals surface area contributed by atoms with E-state index in [2.05, 4.69) is 32.9 Å². The second-order valence-corrected chi connectivity index (χ2v) is 7.74. The Hall–Kier alpha value is -1.21. The summed E-state index contributed by atoms with van der Waals surface area (Å²) < 4.78 is 5.58. The van der Waals surface area contributed by atoms with Crippen molar-refractivity contribution in [3.05, 3.63) is 34.9 Å². The summed E-state index contributed by atoms with van der Waals surface area (Å²) >= 11 is 11.3. The van der Waals surface area contributed by atoms with Crippen molar-refractivity contribution in [2.45, 2.75) is 50.8 Å². The topological polar surface area (TPSA) is 48.9 Å². The van der Waals surface area contributed by atoms with Crippen molar-refractivity contribution >= 4 is 35.1 Å². The number of hydrogen-bond acceptors (Lipinski definition) is 4. The highest BCUT2D eigenvalue weighted by Crippen LogP contribution is 2.19. The maximum atomic E-state index is 5.98. The van der Waals surface area contributed by atoms with Crippen LogP contribution < -0.4 is 10.7 Å². The fourth-order valence-electron chi connectivity index (χ4n) is 3.44. The molecule has 2 atom stereocenters. The second kappa shape index (κ2) is 10.2. The number of hydrogen-bond donors (Lipinski definition) is 2. The van der Waals surface area contributed by atoms with Crippen LogP contribution in [0.15, 0.2) is 29.4 Å². The molecule has 0 aromatic heterocycles. The van der Waals surface area contributed by atoms with Gasteiger partial charge < -0.3 is 10.1 Å². The number of ether oxygens (including phenoxy) is 1. The number of hydrazone groups is 1. The van der Waals surface area contributed by atoms with E-state index >= 15 is 0 Å². The third-order valence-corrected chi connectivity index (χ3v) is 5.38. The van der Waals surface area contributed by atoms with E-state index in [1.165, 1.54) is 18.4 Å². The van der Waals surface area contributed by atoms with Crippen LogP contribution in [0.2, 0.25) is 5.02 Å². The summed E-state index contributed by atoms with van der Waals surface area (Å²) in [5.41, 5.74) is 4.21. The zero-order chi connectivity index (χ0) is 18.2. The predicted octanol–water partition coefficient (Wildman–Crippen LogP) is 3.32. The lowest BCUT2D eigenvalue weighted by molar-refractivity contribution is 0.114. The third kappa shape index (κ3) is 6.20. The molecule has 2 fully saturated rings. The second-order valence-electron chi connectivity index (χ2n) is 6.90. The number of benzene rings is 1. The summed E-state index contributed by atoms with van der Waals surface area (Å²) in [6.07, 6.45) is 8.06. The van der Waals surface area contributed by atoms with Gasteiger partial charge in [-0.1, -0.05) is 30.2 Å². The lowest BCUT2D eigenvalue weighted by atomic mass is 10.0. The monoisotopic (exact) mass is 394 g/mol. The van der Waals surface area contributed by atoms with Crippen molar-refractivity contribution in [3.8, 4) is 0 Å². The van der Waals surface area contributed by atoms with E-state index in [0.717, 1.165) is 50.5 Å². The molecule has 1 aromatic carbocycles.